The second-order valence-electron chi connectivity index (χ2n) is 6.91. The van der Waals surface area contributed by atoms with Crippen LogP contribution in [0.15, 0.2) is 29.2 Å². The van der Waals surface area contributed by atoms with E-state index in [2.05, 4.69) is 15.6 Å². The first kappa shape index (κ1) is 22.2. The molecule has 26 heavy (non-hydrogen) atoms. The van der Waals surface area contributed by atoms with Crippen LogP contribution in [0.1, 0.15) is 34.6 Å². The summed E-state index contributed by atoms with van der Waals surface area (Å²) in [6, 6.07) is 4.43. The predicted octanol–water partition coefficient (Wildman–Crippen LogP) is 2.20. The first-order chi connectivity index (χ1) is 11.8. The van der Waals surface area contributed by atoms with Gasteiger partial charge in [-0.05, 0) is 51.0 Å². The van der Waals surface area contributed by atoms with E-state index in [0.717, 1.165) is 0 Å². The average Bonchev–Trinajstić information content (AvgIpc) is 2.49. The number of amides is 2. The molecule has 0 aromatic heterocycles. The maximum absolute atomic E-state index is 12.4. The number of nitrogens with one attached hydrogen (secondary N) is 3. The van der Waals surface area contributed by atoms with Crippen molar-refractivity contribution in [2.75, 3.05) is 0 Å². The van der Waals surface area contributed by atoms with Gasteiger partial charge in [-0.25, -0.2) is 18.6 Å². The third-order valence-corrected chi connectivity index (χ3v) is 4.75. The molecule has 0 saturated heterocycles. The Labute approximate surface area is 158 Å². The Morgan fingerprint density at radius 1 is 1.08 bits per heavy atom. The smallest absolute Gasteiger partial charge is 0.426 e. The monoisotopic (exact) mass is 405 g/mol. The predicted molar refractivity (Wildman–Crippen MR) is 97.9 cm³/mol. The van der Waals surface area contributed by atoms with Gasteiger partial charge in [0.2, 0.25) is 10.0 Å². The molecule has 0 radical (unpaired) electrons. The van der Waals surface area contributed by atoms with E-state index in [1.165, 1.54) is 24.3 Å². The molecule has 1 rings (SSSR count). The molecule has 8 nitrogen and oxygen atoms in total. The van der Waals surface area contributed by atoms with Gasteiger partial charge in [0.15, 0.2) is 0 Å². The number of hydrogen-bond donors (Lipinski definition) is 3. The zero-order chi connectivity index (χ0) is 20.1. The summed E-state index contributed by atoms with van der Waals surface area (Å²) in [7, 11) is -3.95. The molecule has 0 saturated carbocycles. The average molecular weight is 406 g/mol. The molecule has 0 aliphatic heterocycles. The van der Waals surface area contributed by atoms with Gasteiger partial charge in [-0.15, -0.1) is 0 Å². The first-order valence-electron chi connectivity index (χ1n) is 7.88. The Balaban J connectivity index is 2.80. The number of carbonyl (C=O) groups excluding carboxylic acids is 2. The van der Waals surface area contributed by atoms with Crippen molar-refractivity contribution in [3.05, 3.63) is 29.3 Å². The van der Waals surface area contributed by atoms with Crippen molar-refractivity contribution >= 4 is 33.6 Å². The molecule has 1 atom stereocenters. The minimum absolute atomic E-state index is 0.0274. The molecule has 1 aromatic carbocycles. The SMILES string of the molecule is CC(C)[C@H](NS(=O)(=O)c1ccc(Cl)cc1)C(=O)NNC(=O)OC(C)(C)C. The van der Waals surface area contributed by atoms with Crippen LogP contribution in [0.4, 0.5) is 4.79 Å². The zero-order valence-electron chi connectivity index (χ0n) is 15.3. The van der Waals surface area contributed by atoms with Crippen molar-refractivity contribution in [2.45, 2.75) is 51.2 Å². The minimum Gasteiger partial charge on any atom is -0.443 e. The van der Waals surface area contributed by atoms with E-state index in [4.69, 9.17) is 16.3 Å². The fraction of sp³-hybridized carbons (Fsp3) is 0.500. The number of halogens is 1. The highest BCUT2D eigenvalue weighted by atomic mass is 35.5. The largest absolute Gasteiger partial charge is 0.443 e. The van der Waals surface area contributed by atoms with Crippen LogP contribution in [-0.4, -0.2) is 32.1 Å². The summed E-state index contributed by atoms with van der Waals surface area (Å²) < 4.78 is 32.2. The highest BCUT2D eigenvalue weighted by Gasteiger charge is 2.29. The van der Waals surface area contributed by atoms with E-state index in [1.54, 1.807) is 34.6 Å². The van der Waals surface area contributed by atoms with Crippen LogP contribution in [0.25, 0.3) is 0 Å². The van der Waals surface area contributed by atoms with E-state index in [9.17, 15) is 18.0 Å². The Kier molecular flexibility index (Phi) is 7.43. The van der Waals surface area contributed by atoms with E-state index < -0.39 is 33.7 Å². The fourth-order valence-corrected chi connectivity index (χ4v) is 3.31. The third kappa shape index (κ3) is 7.19. The fourth-order valence-electron chi connectivity index (χ4n) is 1.84. The van der Waals surface area contributed by atoms with Gasteiger partial charge in [0.05, 0.1) is 4.90 Å². The van der Waals surface area contributed by atoms with E-state index in [1.807, 2.05) is 0 Å². The number of ether oxygens (including phenoxy) is 1. The Morgan fingerprint density at radius 2 is 1.62 bits per heavy atom. The summed E-state index contributed by atoms with van der Waals surface area (Å²) in [5, 5.41) is 0.392. The summed E-state index contributed by atoms with van der Waals surface area (Å²) in [5.74, 6) is -1.10. The maximum atomic E-state index is 12.4. The quantitative estimate of drug-likeness (QED) is 0.650. The Morgan fingerprint density at radius 3 is 2.08 bits per heavy atom. The van der Waals surface area contributed by atoms with Gasteiger partial charge in [0.25, 0.3) is 5.91 Å². The van der Waals surface area contributed by atoms with E-state index in [-0.39, 0.29) is 10.8 Å². The van der Waals surface area contributed by atoms with Crippen LogP contribution < -0.4 is 15.6 Å². The molecule has 0 aliphatic rings. The van der Waals surface area contributed by atoms with Crippen LogP contribution in [-0.2, 0) is 19.6 Å². The number of sulfonamides is 1. The van der Waals surface area contributed by atoms with Gasteiger partial charge in [0.1, 0.15) is 11.6 Å². The van der Waals surface area contributed by atoms with E-state index >= 15 is 0 Å². The van der Waals surface area contributed by atoms with Crippen LogP contribution in [0, 0.1) is 5.92 Å². The van der Waals surface area contributed by atoms with Gasteiger partial charge in [-0.1, -0.05) is 25.4 Å². The maximum Gasteiger partial charge on any atom is 0.426 e. The van der Waals surface area contributed by atoms with Crippen molar-refractivity contribution in [2.24, 2.45) is 5.92 Å². The molecular formula is C16H24ClN3O5S. The molecule has 0 fully saturated rings. The third-order valence-electron chi connectivity index (χ3n) is 3.04. The molecule has 2 amide bonds. The molecule has 0 bridgehead atoms. The van der Waals surface area contributed by atoms with E-state index in [0.29, 0.717) is 5.02 Å². The molecule has 1 aromatic rings. The Bertz CT molecular complexity index is 742. The van der Waals surface area contributed by atoms with Crippen molar-refractivity contribution in [1.29, 1.82) is 0 Å². The van der Waals surface area contributed by atoms with Crippen molar-refractivity contribution < 1.29 is 22.7 Å². The molecule has 0 spiro atoms. The number of rotatable bonds is 5. The van der Waals surface area contributed by atoms with Crippen molar-refractivity contribution in [1.82, 2.24) is 15.6 Å². The van der Waals surface area contributed by atoms with Crippen molar-refractivity contribution in [3.8, 4) is 0 Å². The lowest BCUT2D eigenvalue weighted by Gasteiger charge is -2.23. The lowest BCUT2D eigenvalue weighted by atomic mass is 10.1. The number of carbonyl (C=O) groups is 2. The van der Waals surface area contributed by atoms with Crippen LogP contribution >= 0.6 is 11.6 Å². The summed E-state index contributed by atoms with van der Waals surface area (Å²) in [5.41, 5.74) is 3.52. The standard InChI is InChI=1S/C16H24ClN3O5S/c1-10(2)13(14(21)18-19-15(22)25-16(3,4)5)20-26(23,24)12-8-6-11(17)7-9-12/h6-10,13,20H,1-5H3,(H,18,21)(H,19,22)/t13-/m0/s1. The topological polar surface area (TPSA) is 114 Å². The zero-order valence-corrected chi connectivity index (χ0v) is 16.9. The second-order valence-corrected chi connectivity index (χ2v) is 9.06. The van der Waals surface area contributed by atoms with Crippen LogP contribution in [0.3, 0.4) is 0 Å². The molecule has 10 heteroatoms. The molecule has 146 valence electrons. The van der Waals surface area contributed by atoms with Gasteiger partial charge >= 0.3 is 6.09 Å². The lowest BCUT2D eigenvalue weighted by molar-refractivity contribution is -0.124. The first-order valence-corrected chi connectivity index (χ1v) is 9.74. The molecule has 0 heterocycles. The highest BCUT2D eigenvalue weighted by molar-refractivity contribution is 7.89. The molecule has 3 N–H and O–H groups in total. The molecular weight excluding hydrogens is 382 g/mol. The highest BCUT2D eigenvalue weighted by Crippen LogP contribution is 2.15. The van der Waals surface area contributed by atoms with Gasteiger partial charge in [0, 0.05) is 5.02 Å². The van der Waals surface area contributed by atoms with Crippen LogP contribution in [0.2, 0.25) is 5.02 Å². The van der Waals surface area contributed by atoms with Gasteiger partial charge < -0.3 is 4.74 Å². The van der Waals surface area contributed by atoms with Gasteiger partial charge in [-0.3, -0.25) is 10.2 Å². The Hall–Kier alpha value is -1.84. The van der Waals surface area contributed by atoms with Gasteiger partial charge in [-0.2, -0.15) is 4.72 Å². The summed E-state index contributed by atoms with van der Waals surface area (Å²) in [6.45, 7) is 8.35. The summed E-state index contributed by atoms with van der Waals surface area (Å²) >= 11 is 5.75. The normalized spacial score (nSPS) is 13.2. The summed E-state index contributed by atoms with van der Waals surface area (Å²) in [6.07, 6.45) is -0.853. The molecule has 0 aliphatic carbocycles. The summed E-state index contributed by atoms with van der Waals surface area (Å²) in [4.78, 5) is 23.9. The number of benzene rings is 1. The minimum atomic E-state index is -3.95. The molecule has 0 unspecified atom stereocenters. The second kappa shape index (κ2) is 8.70. The number of hydrogen-bond acceptors (Lipinski definition) is 5. The van der Waals surface area contributed by atoms with Crippen molar-refractivity contribution in [3.63, 3.8) is 0 Å². The van der Waals surface area contributed by atoms with Crippen LogP contribution in [0.5, 0.6) is 0 Å². The number of hydrazine groups is 1. The lowest BCUT2D eigenvalue weighted by Crippen LogP contribution is -2.54.